The monoisotopic (exact) mass is 490 g/mol. The summed E-state index contributed by atoms with van der Waals surface area (Å²) < 4.78 is 11.6. The summed E-state index contributed by atoms with van der Waals surface area (Å²) in [5.41, 5.74) is 8.94. The van der Waals surface area contributed by atoms with E-state index in [1.807, 2.05) is 6.07 Å². The van der Waals surface area contributed by atoms with Gasteiger partial charge in [0.05, 0.1) is 10.6 Å². The number of piperazine rings is 1. The topological polar surface area (TPSA) is 88.8 Å². The third kappa shape index (κ3) is 4.52. The van der Waals surface area contributed by atoms with E-state index in [9.17, 15) is 9.59 Å². The number of ether oxygens (including phenoxy) is 1. The predicted octanol–water partition coefficient (Wildman–Crippen LogP) is 3.11. The molecule has 1 saturated carbocycles. The van der Waals surface area contributed by atoms with Gasteiger partial charge in [-0.1, -0.05) is 30.3 Å². The van der Waals surface area contributed by atoms with Gasteiger partial charge in [0.25, 0.3) is 0 Å². The Morgan fingerprint density at radius 1 is 1.09 bits per heavy atom. The number of nitrogens with two attached hydrogens (primary N) is 1. The van der Waals surface area contributed by atoms with Gasteiger partial charge in [0.1, 0.15) is 17.8 Å². The van der Waals surface area contributed by atoms with Gasteiger partial charge in [-0.15, -0.1) is 0 Å². The minimum Gasteiger partial charge on any atom is -0.461 e. The van der Waals surface area contributed by atoms with Crippen molar-refractivity contribution in [3.63, 3.8) is 0 Å². The van der Waals surface area contributed by atoms with E-state index < -0.39 is 17.9 Å². The third-order valence-corrected chi connectivity index (χ3v) is 8.38. The maximum atomic E-state index is 12.2. The molecular weight excluding hydrogens is 460 g/mol. The highest BCUT2D eigenvalue weighted by Gasteiger charge is 2.41. The zero-order valence-corrected chi connectivity index (χ0v) is 20.5. The third-order valence-electron chi connectivity index (χ3n) is 7.57. The number of benzene rings is 2. The number of carbonyl (C=O) groups is 2. The number of primary amides is 1. The molecule has 1 amide bonds. The molecule has 2 atom stereocenters. The average Bonchev–Trinajstić information content (AvgIpc) is 3.54. The molecule has 6 rings (SSSR count). The van der Waals surface area contributed by atoms with Crippen LogP contribution in [0.3, 0.4) is 0 Å². The van der Waals surface area contributed by atoms with E-state index in [4.69, 9.17) is 14.8 Å². The Bertz CT molecular complexity index is 1260. The number of nitrogens with zero attached hydrogens (tertiary/aromatic N) is 3. The van der Waals surface area contributed by atoms with E-state index in [-0.39, 0.29) is 11.9 Å². The number of esters is 1. The molecule has 0 bridgehead atoms. The van der Waals surface area contributed by atoms with Crippen molar-refractivity contribution in [2.45, 2.75) is 37.7 Å². The molecule has 7 nitrogen and oxygen atoms in total. The summed E-state index contributed by atoms with van der Waals surface area (Å²) in [4.78, 5) is 29.3. The van der Waals surface area contributed by atoms with Crippen LogP contribution in [-0.4, -0.2) is 60.0 Å². The first-order chi connectivity index (χ1) is 17.1. The van der Waals surface area contributed by atoms with Crippen molar-refractivity contribution in [3.05, 3.63) is 59.2 Å². The number of hydrogen-bond donors (Lipinski definition) is 1. The highest BCUT2D eigenvalue weighted by Crippen LogP contribution is 2.38. The van der Waals surface area contributed by atoms with Crippen molar-refractivity contribution in [1.29, 1.82) is 0 Å². The van der Waals surface area contributed by atoms with Gasteiger partial charge in [0.15, 0.2) is 0 Å². The lowest BCUT2D eigenvalue weighted by Crippen LogP contribution is -2.47. The molecule has 2 aliphatic carbocycles. The summed E-state index contributed by atoms with van der Waals surface area (Å²) in [7, 11) is 0. The fourth-order valence-corrected chi connectivity index (χ4v) is 6.21. The van der Waals surface area contributed by atoms with Gasteiger partial charge in [-0.05, 0) is 59.6 Å². The summed E-state index contributed by atoms with van der Waals surface area (Å²) >= 11 is 1.57. The quantitative estimate of drug-likeness (QED) is 0.512. The van der Waals surface area contributed by atoms with E-state index >= 15 is 0 Å². The first-order valence-electron chi connectivity index (χ1n) is 12.5. The fraction of sp³-hybridized carbons (Fsp3) is 0.444. The Kier molecular flexibility index (Phi) is 5.94. The highest BCUT2D eigenvalue weighted by molar-refractivity contribution is 7.13. The van der Waals surface area contributed by atoms with Crippen molar-refractivity contribution in [2.24, 2.45) is 11.7 Å². The molecule has 1 aliphatic heterocycles. The molecule has 3 aromatic rings. The molecule has 182 valence electrons. The minimum atomic E-state index is -0.545. The maximum absolute atomic E-state index is 12.2. The standard InChI is InChI=1S/C27H30N4O3S/c28-25(32)24-20-8-5-17(15-19(20)16-22(24)34-27(33)18-6-7-18)9-10-30-11-13-31(14-12-30)26-21-3-1-2-4-23(21)35-29-26/h1-5,8,15,18,22,24H,6-7,9-14,16H2,(H2,28,32). The van der Waals surface area contributed by atoms with Crippen LogP contribution >= 0.6 is 11.5 Å². The molecule has 3 aliphatic rings. The summed E-state index contributed by atoms with van der Waals surface area (Å²) in [5, 5.41) is 1.25. The Balaban J connectivity index is 1.06. The molecule has 0 radical (unpaired) electrons. The molecule has 2 aromatic carbocycles. The van der Waals surface area contributed by atoms with Crippen LogP contribution in [0.4, 0.5) is 5.82 Å². The van der Waals surface area contributed by atoms with Gasteiger partial charge >= 0.3 is 5.97 Å². The summed E-state index contributed by atoms with van der Waals surface area (Å²) in [6.45, 7) is 4.97. The predicted molar refractivity (Wildman–Crippen MR) is 137 cm³/mol. The first kappa shape index (κ1) is 22.5. The van der Waals surface area contributed by atoms with Gasteiger partial charge in [-0.2, -0.15) is 4.37 Å². The number of carbonyl (C=O) groups excluding carboxylic acids is 2. The number of amides is 1. The van der Waals surface area contributed by atoms with Crippen molar-refractivity contribution in [3.8, 4) is 0 Å². The Morgan fingerprint density at radius 2 is 1.89 bits per heavy atom. The van der Waals surface area contributed by atoms with Gasteiger partial charge in [-0.3, -0.25) is 14.5 Å². The summed E-state index contributed by atoms with van der Waals surface area (Å²) in [6.07, 6.45) is 2.81. The zero-order chi connectivity index (χ0) is 23.9. The molecule has 2 fully saturated rings. The van der Waals surface area contributed by atoms with Crippen molar-refractivity contribution >= 4 is 39.3 Å². The number of aromatic nitrogens is 1. The van der Waals surface area contributed by atoms with Crippen LogP contribution in [0.1, 0.15) is 35.4 Å². The SMILES string of the molecule is NC(=O)C1c2ccc(CCN3CCN(c4nsc5ccccc45)CC3)cc2CC1OC(=O)C1CC1. The second kappa shape index (κ2) is 9.24. The lowest BCUT2D eigenvalue weighted by atomic mass is 9.97. The molecule has 0 spiro atoms. The molecule has 1 saturated heterocycles. The number of fused-ring (bicyclic) bond motifs is 2. The van der Waals surface area contributed by atoms with Gasteiger partial charge < -0.3 is 15.4 Å². The highest BCUT2D eigenvalue weighted by atomic mass is 32.1. The van der Waals surface area contributed by atoms with Gasteiger partial charge in [0, 0.05) is 44.5 Å². The van der Waals surface area contributed by atoms with Crippen LogP contribution in [-0.2, 0) is 27.2 Å². The lowest BCUT2D eigenvalue weighted by Gasteiger charge is -2.35. The second-order valence-corrected chi connectivity index (χ2v) is 10.8. The van der Waals surface area contributed by atoms with Crippen LogP contribution in [0.15, 0.2) is 42.5 Å². The van der Waals surface area contributed by atoms with Gasteiger partial charge in [-0.25, -0.2) is 0 Å². The Morgan fingerprint density at radius 3 is 2.66 bits per heavy atom. The first-order valence-corrected chi connectivity index (χ1v) is 13.3. The molecule has 35 heavy (non-hydrogen) atoms. The van der Waals surface area contributed by atoms with E-state index in [2.05, 4.69) is 46.2 Å². The normalized spacial score (nSPS) is 22.3. The van der Waals surface area contributed by atoms with Crippen LogP contribution in [0, 0.1) is 5.92 Å². The van der Waals surface area contributed by atoms with E-state index in [1.54, 1.807) is 11.5 Å². The Labute approximate surface area is 209 Å². The smallest absolute Gasteiger partial charge is 0.309 e. The van der Waals surface area contributed by atoms with Crippen molar-refractivity contribution in [2.75, 3.05) is 37.6 Å². The lowest BCUT2D eigenvalue weighted by molar-refractivity contribution is -0.152. The molecule has 2 heterocycles. The van der Waals surface area contributed by atoms with E-state index in [1.165, 1.54) is 15.6 Å². The molecular formula is C27H30N4O3S. The Hall–Kier alpha value is -2.97. The van der Waals surface area contributed by atoms with Crippen LogP contribution in [0.2, 0.25) is 0 Å². The molecule has 2 unspecified atom stereocenters. The van der Waals surface area contributed by atoms with Crippen LogP contribution in [0.25, 0.3) is 10.1 Å². The molecule has 1 aromatic heterocycles. The van der Waals surface area contributed by atoms with Crippen LogP contribution in [0.5, 0.6) is 0 Å². The average molecular weight is 491 g/mol. The number of rotatable bonds is 7. The summed E-state index contributed by atoms with van der Waals surface area (Å²) in [6, 6.07) is 14.7. The number of anilines is 1. The van der Waals surface area contributed by atoms with Crippen LogP contribution < -0.4 is 10.6 Å². The summed E-state index contributed by atoms with van der Waals surface area (Å²) in [5.74, 6) is -0.0196. The molecule has 8 heteroatoms. The number of hydrogen-bond acceptors (Lipinski definition) is 7. The maximum Gasteiger partial charge on any atom is 0.309 e. The second-order valence-electron chi connectivity index (χ2n) is 9.95. The van der Waals surface area contributed by atoms with E-state index in [0.717, 1.165) is 68.9 Å². The largest absolute Gasteiger partial charge is 0.461 e. The minimum absolute atomic E-state index is 0.0116. The zero-order valence-electron chi connectivity index (χ0n) is 19.7. The van der Waals surface area contributed by atoms with E-state index in [0.29, 0.717) is 6.42 Å². The van der Waals surface area contributed by atoms with Crippen molar-refractivity contribution < 1.29 is 14.3 Å². The van der Waals surface area contributed by atoms with Crippen molar-refractivity contribution in [1.82, 2.24) is 9.27 Å². The van der Waals surface area contributed by atoms with Gasteiger partial charge in [0.2, 0.25) is 5.91 Å². The molecule has 2 N–H and O–H groups in total. The fourth-order valence-electron chi connectivity index (χ4n) is 5.41.